The fraction of sp³-hybridized carbons (Fsp3) is 0.154. The highest BCUT2D eigenvalue weighted by Gasteiger charge is 2.30. The number of alkyl halides is 3. The molecule has 1 nitrogen and oxygen atoms in total. The molecule has 0 aliphatic heterocycles. The zero-order valence-corrected chi connectivity index (χ0v) is 9.89. The van der Waals surface area contributed by atoms with E-state index < -0.39 is 11.7 Å². The monoisotopic (exact) mass is 270 g/mol. The van der Waals surface area contributed by atoms with E-state index in [-0.39, 0.29) is 5.69 Å². The Balaban J connectivity index is 2.22. The van der Waals surface area contributed by atoms with Crippen molar-refractivity contribution < 1.29 is 13.2 Å². The van der Waals surface area contributed by atoms with E-state index in [0.29, 0.717) is 11.4 Å². The van der Waals surface area contributed by atoms with Crippen LogP contribution in [0.5, 0.6) is 0 Å². The van der Waals surface area contributed by atoms with Crippen molar-refractivity contribution in [2.75, 3.05) is 0 Å². The van der Waals surface area contributed by atoms with E-state index in [0.717, 1.165) is 17.8 Å². The summed E-state index contributed by atoms with van der Waals surface area (Å²) in [6.45, 7) is 0. The molecule has 5 heteroatoms. The predicted octanol–water partition coefficient (Wildman–Crippen LogP) is 4.14. The van der Waals surface area contributed by atoms with Gasteiger partial charge in [-0.3, -0.25) is 4.98 Å². The lowest BCUT2D eigenvalue weighted by atomic mass is 10.1. The summed E-state index contributed by atoms with van der Waals surface area (Å²) in [5.74, 6) is 0. The van der Waals surface area contributed by atoms with Crippen LogP contribution in [0.25, 0.3) is 0 Å². The fourth-order valence-electron chi connectivity index (χ4n) is 1.48. The normalized spacial score (nSPS) is 11.6. The zero-order valence-electron chi connectivity index (χ0n) is 9.13. The lowest BCUT2D eigenvalue weighted by molar-refractivity contribution is -0.137. The first-order valence-electron chi connectivity index (χ1n) is 5.14. The molecule has 0 saturated heterocycles. The standard InChI is InChI=1S/C13H8ClF3N/c14-11-3-1-9(2-4-11)7-12-8-10(5-6-18-12)13(15,16)17/h1-6H,7H2. The van der Waals surface area contributed by atoms with Gasteiger partial charge in [-0.1, -0.05) is 23.7 Å². The van der Waals surface area contributed by atoms with Crippen molar-refractivity contribution >= 4 is 11.6 Å². The largest absolute Gasteiger partial charge is 0.417 e. The van der Waals surface area contributed by atoms with Crippen LogP contribution < -0.4 is 0 Å². The van der Waals surface area contributed by atoms with Crippen molar-refractivity contribution in [3.63, 3.8) is 0 Å². The van der Waals surface area contributed by atoms with E-state index in [2.05, 4.69) is 11.1 Å². The van der Waals surface area contributed by atoms with Gasteiger partial charge >= 0.3 is 6.18 Å². The number of hydrogen-bond acceptors (Lipinski definition) is 1. The second kappa shape index (κ2) is 4.98. The number of benzene rings is 1. The van der Waals surface area contributed by atoms with Gasteiger partial charge < -0.3 is 0 Å². The van der Waals surface area contributed by atoms with Gasteiger partial charge in [-0.25, -0.2) is 0 Å². The molecule has 0 spiro atoms. The Morgan fingerprint density at radius 3 is 2.39 bits per heavy atom. The molecule has 0 N–H and O–H groups in total. The van der Waals surface area contributed by atoms with E-state index in [1.54, 1.807) is 24.3 Å². The van der Waals surface area contributed by atoms with Crippen LogP contribution in [0.1, 0.15) is 16.8 Å². The maximum absolute atomic E-state index is 12.5. The van der Waals surface area contributed by atoms with Crippen LogP contribution in [0.2, 0.25) is 5.02 Å². The average molecular weight is 271 g/mol. The summed E-state index contributed by atoms with van der Waals surface area (Å²) < 4.78 is 37.4. The molecule has 1 aromatic heterocycles. The van der Waals surface area contributed by atoms with Crippen molar-refractivity contribution in [1.82, 2.24) is 4.98 Å². The van der Waals surface area contributed by atoms with E-state index in [4.69, 9.17) is 11.6 Å². The van der Waals surface area contributed by atoms with E-state index in [1.807, 2.05) is 0 Å². The van der Waals surface area contributed by atoms with Crippen molar-refractivity contribution in [3.05, 3.63) is 64.4 Å². The number of aromatic nitrogens is 1. The molecule has 1 aromatic carbocycles. The van der Waals surface area contributed by atoms with Crippen LogP contribution in [-0.4, -0.2) is 4.98 Å². The summed E-state index contributed by atoms with van der Waals surface area (Å²) >= 11 is 5.73. The molecule has 1 heterocycles. The molecule has 0 aliphatic carbocycles. The van der Waals surface area contributed by atoms with E-state index in [1.165, 1.54) is 0 Å². The Morgan fingerprint density at radius 2 is 1.78 bits per heavy atom. The molecule has 1 radical (unpaired) electrons. The van der Waals surface area contributed by atoms with Crippen LogP contribution in [0.15, 0.2) is 36.5 Å². The summed E-state index contributed by atoms with van der Waals surface area (Å²) in [6, 6.07) is 10.1. The molecule has 0 fully saturated rings. The molecule has 0 atom stereocenters. The smallest absolute Gasteiger partial charge is 0.260 e. The van der Waals surface area contributed by atoms with Crippen LogP contribution in [0.3, 0.4) is 0 Å². The quantitative estimate of drug-likeness (QED) is 0.799. The summed E-state index contributed by atoms with van der Waals surface area (Å²) in [5.41, 5.74) is 0.288. The Hall–Kier alpha value is -1.55. The highest BCUT2D eigenvalue weighted by Crippen LogP contribution is 2.28. The second-order valence-electron chi connectivity index (χ2n) is 3.73. The lowest BCUT2D eigenvalue weighted by Crippen LogP contribution is -2.07. The van der Waals surface area contributed by atoms with Crippen LogP contribution in [0, 0.1) is 6.07 Å². The number of halogens is 4. The van der Waals surface area contributed by atoms with Crippen LogP contribution >= 0.6 is 11.6 Å². The third kappa shape index (κ3) is 3.23. The third-order valence-corrected chi connectivity index (χ3v) is 2.59. The Labute approximate surface area is 107 Å². The third-order valence-electron chi connectivity index (χ3n) is 2.34. The minimum absolute atomic E-state index is 0.257. The Morgan fingerprint density at radius 1 is 1.11 bits per heavy atom. The van der Waals surface area contributed by atoms with Crippen molar-refractivity contribution in [3.8, 4) is 0 Å². The van der Waals surface area contributed by atoms with Crippen LogP contribution in [0.4, 0.5) is 13.2 Å². The number of nitrogens with zero attached hydrogens (tertiary/aromatic N) is 1. The zero-order chi connectivity index (χ0) is 13.2. The SMILES string of the molecule is FC(F)(F)c1[c]c(Cc2ccc(Cl)cc2)ncc1. The van der Waals surface area contributed by atoms with Gasteiger partial charge in [0, 0.05) is 23.7 Å². The first kappa shape index (κ1) is 12.9. The van der Waals surface area contributed by atoms with Gasteiger partial charge in [0.15, 0.2) is 0 Å². The first-order chi connectivity index (χ1) is 8.45. The molecule has 0 aliphatic rings. The molecule has 0 saturated carbocycles. The van der Waals surface area contributed by atoms with Crippen molar-refractivity contribution in [2.24, 2.45) is 0 Å². The van der Waals surface area contributed by atoms with Gasteiger partial charge in [-0.05, 0) is 23.8 Å². The van der Waals surface area contributed by atoms with Gasteiger partial charge in [0.25, 0.3) is 0 Å². The highest BCUT2D eigenvalue weighted by molar-refractivity contribution is 6.30. The van der Waals surface area contributed by atoms with Gasteiger partial charge in [0.2, 0.25) is 0 Å². The van der Waals surface area contributed by atoms with Crippen molar-refractivity contribution in [2.45, 2.75) is 12.6 Å². The second-order valence-corrected chi connectivity index (χ2v) is 4.17. The van der Waals surface area contributed by atoms with Crippen LogP contribution in [-0.2, 0) is 12.6 Å². The summed E-state index contributed by atoms with van der Waals surface area (Å²) in [7, 11) is 0. The Bertz CT molecular complexity index is 535. The minimum atomic E-state index is -4.39. The molecular weight excluding hydrogens is 263 g/mol. The lowest BCUT2D eigenvalue weighted by Gasteiger charge is -2.07. The van der Waals surface area contributed by atoms with E-state index in [9.17, 15) is 13.2 Å². The maximum Gasteiger partial charge on any atom is 0.417 e. The topological polar surface area (TPSA) is 12.9 Å². The molecule has 2 rings (SSSR count). The summed E-state index contributed by atoms with van der Waals surface area (Å²) in [4.78, 5) is 3.88. The van der Waals surface area contributed by atoms with Gasteiger partial charge in [-0.15, -0.1) is 0 Å². The maximum atomic E-state index is 12.5. The van der Waals surface area contributed by atoms with Gasteiger partial charge in [-0.2, -0.15) is 13.2 Å². The molecule has 0 amide bonds. The van der Waals surface area contributed by atoms with Crippen molar-refractivity contribution in [1.29, 1.82) is 0 Å². The summed E-state index contributed by atoms with van der Waals surface area (Å²) in [5, 5.41) is 0.583. The predicted molar refractivity (Wildman–Crippen MR) is 62.3 cm³/mol. The number of pyridine rings is 1. The molecule has 0 bridgehead atoms. The van der Waals surface area contributed by atoms with E-state index >= 15 is 0 Å². The number of rotatable bonds is 2. The molecular formula is C13H8ClF3N. The highest BCUT2D eigenvalue weighted by atomic mass is 35.5. The fourth-order valence-corrected chi connectivity index (χ4v) is 1.61. The molecule has 18 heavy (non-hydrogen) atoms. The Kier molecular flexibility index (Phi) is 3.57. The average Bonchev–Trinajstić information content (AvgIpc) is 2.31. The van der Waals surface area contributed by atoms with Gasteiger partial charge in [0.05, 0.1) is 11.3 Å². The minimum Gasteiger partial charge on any atom is -0.260 e. The first-order valence-corrected chi connectivity index (χ1v) is 5.52. The number of hydrogen-bond donors (Lipinski definition) is 0. The molecule has 93 valence electrons. The molecule has 2 aromatic rings. The summed E-state index contributed by atoms with van der Waals surface area (Å²) in [6.07, 6.45) is -2.96. The molecule has 0 unspecified atom stereocenters. The van der Waals surface area contributed by atoms with Gasteiger partial charge in [0.1, 0.15) is 0 Å².